The van der Waals surface area contributed by atoms with Crippen LogP contribution in [0.5, 0.6) is 0 Å². The van der Waals surface area contributed by atoms with Gasteiger partial charge in [-0.1, -0.05) is 32.0 Å². The fourth-order valence-corrected chi connectivity index (χ4v) is 5.82. The number of unbranched alkanes of at least 4 members (excludes halogenated alkanes) is 1. The summed E-state index contributed by atoms with van der Waals surface area (Å²) in [5, 5.41) is 9.88. The number of allylic oxidation sites excluding steroid dienone is 1. The Morgan fingerprint density at radius 2 is 1.90 bits per heavy atom. The van der Waals surface area contributed by atoms with Crippen LogP contribution in [0.2, 0.25) is 0 Å². The van der Waals surface area contributed by atoms with Crippen molar-refractivity contribution in [2.75, 3.05) is 51.4 Å². The van der Waals surface area contributed by atoms with Gasteiger partial charge in [0.1, 0.15) is 0 Å². The molecule has 8 heteroatoms. The van der Waals surface area contributed by atoms with Gasteiger partial charge in [0.2, 0.25) is 5.91 Å². The normalized spacial score (nSPS) is 21.5. The lowest BCUT2D eigenvalue weighted by atomic mass is 9.91. The minimum atomic E-state index is -0.101. The SMILES string of the molecule is COCCCCC1=C(C(=O)N(CC(C)C)[C@@H]2CNC[C@H](C(=O)N3CCCCC3)C2)C=C=NN1c1ccccc1. The Morgan fingerprint density at radius 1 is 1.13 bits per heavy atom. The Morgan fingerprint density at radius 3 is 2.62 bits per heavy atom. The molecule has 1 N–H and O–H groups in total. The summed E-state index contributed by atoms with van der Waals surface area (Å²) < 4.78 is 5.27. The quantitative estimate of drug-likeness (QED) is 0.430. The lowest BCUT2D eigenvalue weighted by Gasteiger charge is -2.40. The molecule has 0 bridgehead atoms. The zero-order chi connectivity index (χ0) is 27.6. The van der Waals surface area contributed by atoms with Crippen molar-refractivity contribution < 1.29 is 14.3 Å². The highest BCUT2D eigenvalue weighted by molar-refractivity contribution is 6.00. The summed E-state index contributed by atoms with van der Waals surface area (Å²) in [6.07, 6.45) is 8.29. The van der Waals surface area contributed by atoms with Gasteiger partial charge in [0, 0.05) is 64.4 Å². The second-order valence-corrected chi connectivity index (χ2v) is 11.3. The first-order chi connectivity index (χ1) is 19.0. The fraction of sp³-hybridized carbons (Fsp3) is 0.613. The maximum Gasteiger partial charge on any atom is 0.256 e. The van der Waals surface area contributed by atoms with Gasteiger partial charge in [-0.15, -0.1) is 5.10 Å². The van der Waals surface area contributed by atoms with E-state index in [2.05, 4.69) is 30.1 Å². The second-order valence-electron chi connectivity index (χ2n) is 11.3. The summed E-state index contributed by atoms with van der Waals surface area (Å²) in [4.78, 5) is 31.8. The molecule has 2 amide bonds. The van der Waals surface area contributed by atoms with Gasteiger partial charge in [0.25, 0.3) is 5.91 Å². The van der Waals surface area contributed by atoms with E-state index >= 15 is 0 Å². The number of amides is 2. The maximum atomic E-state index is 14.4. The number of carbonyl (C=O) groups is 2. The number of piperidine rings is 2. The van der Waals surface area contributed by atoms with Crippen LogP contribution in [0, 0.1) is 11.8 Å². The van der Waals surface area contributed by atoms with Gasteiger partial charge in [0.05, 0.1) is 22.9 Å². The number of nitrogens with zero attached hydrogens (tertiary/aromatic N) is 4. The van der Waals surface area contributed by atoms with Crippen LogP contribution < -0.4 is 10.3 Å². The van der Waals surface area contributed by atoms with Crippen molar-refractivity contribution >= 4 is 23.4 Å². The molecule has 3 aliphatic heterocycles. The molecule has 0 aliphatic carbocycles. The van der Waals surface area contributed by atoms with E-state index in [9.17, 15) is 9.59 Å². The van der Waals surface area contributed by atoms with E-state index in [1.807, 2.05) is 45.1 Å². The molecular weight excluding hydrogens is 490 g/mol. The number of likely N-dealkylation sites (tertiary alicyclic amines) is 1. The van der Waals surface area contributed by atoms with Crippen molar-refractivity contribution in [3.8, 4) is 0 Å². The molecule has 1 aromatic rings. The average molecular weight is 536 g/mol. The first-order valence-corrected chi connectivity index (χ1v) is 14.7. The van der Waals surface area contributed by atoms with Crippen molar-refractivity contribution in [2.24, 2.45) is 16.9 Å². The average Bonchev–Trinajstić information content (AvgIpc) is 2.98. The van der Waals surface area contributed by atoms with Crippen molar-refractivity contribution in [1.29, 1.82) is 0 Å². The maximum absolute atomic E-state index is 14.4. The largest absolute Gasteiger partial charge is 0.385 e. The second kappa shape index (κ2) is 14.5. The minimum absolute atomic E-state index is 0.00774. The third-order valence-corrected chi connectivity index (χ3v) is 7.78. The molecule has 0 radical (unpaired) electrons. The molecule has 2 atom stereocenters. The Labute approximate surface area is 233 Å². The Kier molecular flexibility index (Phi) is 10.8. The summed E-state index contributed by atoms with van der Waals surface area (Å²) in [6, 6.07) is 9.88. The van der Waals surface area contributed by atoms with Gasteiger partial charge in [-0.05, 0) is 63.0 Å². The summed E-state index contributed by atoms with van der Waals surface area (Å²) >= 11 is 0. The molecule has 8 nitrogen and oxygen atoms in total. The molecule has 3 aliphatic rings. The summed E-state index contributed by atoms with van der Waals surface area (Å²) in [5.74, 6) is 3.42. The number of methoxy groups -OCH3 is 1. The highest BCUT2D eigenvalue weighted by Crippen LogP contribution is 2.30. The van der Waals surface area contributed by atoms with Crippen molar-refractivity contribution in [1.82, 2.24) is 15.1 Å². The van der Waals surface area contributed by atoms with Crippen LogP contribution in [0.3, 0.4) is 0 Å². The Bertz CT molecular complexity index is 1060. The summed E-state index contributed by atoms with van der Waals surface area (Å²) in [7, 11) is 1.71. The van der Waals surface area contributed by atoms with Gasteiger partial charge in [-0.2, -0.15) is 0 Å². The number of para-hydroxylation sites is 1. The Hall–Kier alpha value is -2.93. The van der Waals surface area contributed by atoms with Crippen LogP contribution in [0.1, 0.15) is 58.8 Å². The summed E-state index contributed by atoms with van der Waals surface area (Å²) in [6.45, 7) is 8.67. The first-order valence-electron chi connectivity index (χ1n) is 14.7. The molecule has 1 aromatic carbocycles. The summed E-state index contributed by atoms with van der Waals surface area (Å²) in [5.41, 5.74) is 2.43. The number of carbonyl (C=O) groups excluding carboxylic acids is 2. The molecular formula is C31H45N5O3. The highest BCUT2D eigenvalue weighted by atomic mass is 16.5. The van der Waals surface area contributed by atoms with E-state index in [-0.39, 0.29) is 23.8 Å². The predicted octanol–water partition coefficient (Wildman–Crippen LogP) is 4.19. The third-order valence-electron chi connectivity index (χ3n) is 7.78. The van der Waals surface area contributed by atoms with E-state index in [0.29, 0.717) is 50.6 Å². The topological polar surface area (TPSA) is 77.5 Å². The van der Waals surface area contributed by atoms with Crippen LogP contribution in [-0.2, 0) is 14.3 Å². The van der Waals surface area contributed by atoms with Gasteiger partial charge >= 0.3 is 0 Å². The highest BCUT2D eigenvalue weighted by Gasteiger charge is 2.36. The number of anilines is 1. The van der Waals surface area contributed by atoms with Crippen LogP contribution >= 0.6 is 0 Å². The molecule has 0 unspecified atom stereocenters. The van der Waals surface area contributed by atoms with Gasteiger partial charge < -0.3 is 19.9 Å². The molecule has 0 spiro atoms. The molecule has 212 valence electrons. The number of hydrogen-bond acceptors (Lipinski definition) is 6. The van der Waals surface area contributed by atoms with Crippen LogP contribution in [0.25, 0.3) is 0 Å². The van der Waals surface area contributed by atoms with Gasteiger partial charge in [-0.3, -0.25) is 9.59 Å². The molecule has 0 aromatic heterocycles. The monoisotopic (exact) mass is 535 g/mol. The van der Waals surface area contributed by atoms with E-state index in [4.69, 9.17) is 4.74 Å². The van der Waals surface area contributed by atoms with E-state index in [1.165, 1.54) is 6.42 Å². The zero-order valence-corrected chi connectivity index (χ0v) is 23.9. The Balaban J connectivity index is 1.60. The molecule has 4 rings (SSSR count). The van der Waals surface area contributed by atoms with Crippen LogP contribution in [-0.4, -0.2) is 80.0 Å². The number of rotatable bonds is 11. The number of hydrazone groups is 1. The van der Waals surface area contributed by atoms with Crippen molar-refractivity contribution in [2.45, 2.75) is 64.8 Å². The van der Waals surface area contributed by atoms with E-state index in [1.54, 1.807) is 13.2 Å². The molecule has 39 heavy (non-hydrogen) atoms. The predicted molar refractivity (Wildman–Crippen MR) is 155 cm³/mol. The third kappa shape index (κ3) is 7.59. The fourth-order valence-electron chi connectivity index (χ4n) is 5.82. The van der Waals surface area contributed by atoms with E-state index in [0.717, 1.165) is 50.2 Å². The van der Waals surface area contributed by atoms with Crippen molar-refractivity contribution in [3.63, 3.8) is 0 Å². The zero-order valence-electron chi connectivity index (χ0n) is 23.9. The number of nitrogens with one attached hydrogen (secondary N) is 1. The lowest BCUT2D eigenvalue weighted by molar-refractivity contribution is -0.139. The lowest BCUT2D eigenvalue weighted by Crippen LogP contribution is -2.55. The number of hydrogen-bond donors (Lipinski definition) is 1. The number of benzene rings is 1. The van der Waals surface area contributed by atoms with Gasteiger partial charge in [0.15, 0.2) is 0 Å². The van der Waals surface area contributed by atoms with E-state index < -0.39 is 0 Å². The molecule has 2 fully saturated rings. The standard InChI is InChI=1S/C31H45N5O3/c1-24(2)23-35(27-20-25(21-32-22-27)30(37)34-17-9-5-10-18-34)31(38)28-15-16-33-36(26-12-6-4-7-13-26)29(28)14-8-11-19-39-3/h4,6-7,12-13,15,24-25,27,32H,5,8-11,14,17-23H2,1-3H3/t25-,27+/m1/s1. The molecule has 3 heterocycles. The van der Waals surface area contributed by atoms with Crippen LogP contribution in [0.4, 0.5) is 5.69 Å². The van der Waals surface area contributed by atoms with Crippen LogP contribution in [0.15, 0.2) is 52.8 Å². The smallest absolute Gasteiger partial charge is 0.256 e. The number of ether oxygens (including phenoxy) is 1. The molecule has 0 saturated carbocycles. The van der Waals surface area contributed by atoms with Crippen molar-refractivity contribution in [3.05, 3.63) is 47.7 Å². The first kappa shape index (κ1) is 29.1. The molecule has 2 saturated heterocycles. The minimum Gasteiger partial charge on any atom is -0.385 e. The van der Waals surface area contributed by atoms with Gasteiger partial charge in [-0.25, -0.2) is 5.01 Å².